The third kappa shape index (κ3) is 1.81. The fraction of sp³-hybridized carbons (Fsp3) is 0. The first-order valence-electron chi connectivity index (χ1n) is 5.70. The lowest BCUT2D eigenvalue weighted by Crippen LogP contribution is -1.98. The summed E-state index contributed by atoms with van der Waals surface area (Å²) in [6.07, 6.45) is -0.595. The van der Waals surface area contributed by atoms with Gasteiger partial charge in [-0.15, -0.1) is 0 Å². The van der Waals surface area contributed by atoms with Gasteiger partial charge in [0, 0.05) is 12.3 Å². The highest BCUT2D eigenvalue weighted by atomic mass is 79.9. The topological polar surface area (TPSA) is 30.7 Å². The molecule has 0 amide bonds. The number of hydrogen-bond donors (Lipinski definition) is 0. The summed E-state index contributed by atoms with van der Waals surface area (Å²) in [6, 6.07) is -0.631. The van der Waals surface area contributed by atoms with Crippen LogP contribution in [-0.2, 0) is 0 Å². The van der Waals surface area contributed by atoms with Gasteiger partial charge in [0.1, 0.15) is 4.60 Å². The molecule has 0 bridgehead atoms. The van der Waals surface area contributed by atoms with E-state index in [1.807, 2.05) is 0 Å². The van der Waals surface area contributed by atoms with E-state index in [-0.39, 0.29) is 45.4 Å². The maximum atomic E-state index is 7.70. The number of pyridine rings is 1. The van der Waals surface area contributed by atoms with Gasteiger partial charge in [-0.05, 0) is 50.0 Å². The Morgan fingerprint density at radius 3 is 2.92 bits per heavy atom. The number of nitrogens with zero attached hydrogens (tertiary/aromatic N) is 3. The van der Waals surface area contributed by atoms with Gasteiger partial charge in [-0.2, -0.15) is 5.10 Å². The van der Waals surface area contributed by atoms with Crippen LogP contribution in [0.25, 0.3) is 5.82 Å². The summed E-state index contributed by atoms with van der Waals surface area (Å²) in [6.45, 7) is 0. The third-order valence-electron chi connectivity index (χ3n) is 1.24. The Labute approximate surface area is 99.1 Å². The van der Waals surface area contributed by atoms with Crippen LogP contribution in [0.2, 0.25) is 0 Å². The molecule has 0 N–H and O–H groups in total. The predicted molar refractivity (Wildman–Crippen MR) is 56.8 cm³/mol. The second kappa shape index (κ2) is 3.59. The van der Waals surface area contributed by atoms with Gasteiger partial charge in [0.25, 0.3) is 0 Å². The summed E-state index contributed by atoms with van der Waals surface area (Å²) >= 11 is 6.12. The van der Waals surface area contributed by atoms with Crippen LogP contribution in [0, 0.1) is 0 Å². The van der Waals surface area contributed by atoms with E-state index in [4.69, 9.17) is 6.85 Å². The molecule has 5 heteroatoms. The average Bonchev–Trinajstić information content (AvgIpc) is 2.59. The molecule has 2 heterocycles. The Morgan fingerprint density at radius 1 is 1.38 bits per heavy atom. The first kappa shape index (κ1) is 4.70. The zero-order chi connectivity index (χ0) is 13.6. The van der Waals surface area contributed by atoms with Crippen LogP contribution in [0.15, 0.2) is 39.5 Å². The van der Waals surface area contributed by atoms with Crippen LogP contribution in [0.1, 0.15) is 6.85 Å². The Balaban J connectivity index is 2.76. The van der Waals surface area contributed by atoms with Gasteiger partial charge in [-0.1, -0.05) is 0 Å². The summed E-state index contributed by atoms with van der Waals surface area (Å²) in [5.41, 5.74) is 0. The van der Waals surface area contributed by atoms with E-state index in [0.717, 1.165) is 4.68 Å². The van der Waals surface area contributed by atoms with E-state index < -0.39 is 0 Å². The Kier molecular flexibility index (Phi) is 1.30. The van der Waals surface area contributed by atoms with Crippen LogP contribution in [0.3, 0.4) is 0 Å². The van der Waals surface area contributed by atoms with Crippen molar-refractivity contribution in [2.24, 2.45) is 0 Å². The first-order valence-corrected chi connectivity index (χ1v) is 4.78. The minimum atomic E-state index is -0.379. The molecular formula is C8H5Br2N3. The van der Waals surface area contributed by atoms with Crippen LogP contribution < -0.4 is 0 Å². The predicted octanol–water partition coefficient (Wildman–Crippen LogP) is 2.79. The lowest BCUT2D eigenvalue weighted by molar-refractivity contribution is 0.833. The van der Waals surface area contributed by atoms with Gasteiger partial charge >= 0.3 is 0 Å². The molecule has 2 aromatic heterocycles. The quantitative estimate of drug-likeness (QED) is 0.811. The second-order valence-corrected chi connectivity index (χ2v) is 3.59. The molecule has 2 rings (SSSR count). The normalized spacial score (nSPS) is 15.7. The number of halogens is 2. The lowest BCUT2D eigenvalue weighted by Gasteiger charge is -2.00. The molecule has 3 nitrogen and oxygen atoms in total. The van der Waals surface area contributed by atoms with Crippen molar-refractivity contribution >= 4 is 31.9 Å². The average molecular weight is 308 g/mol. The molecule has 0 fully saturated rings. The van der Waals surface area contributed by atoms with Gasteiger partial charge in [0.2, 0.25) is 0 Å². The van der Waals surface area contributed by atoms with E-state index in [1.165, 1.54) is 0 Å². The summed E-state index contributed by atoms with van der Waals surface area (Å²) in [5.74, 6) is 0.0465. The van der Waals surface area contributed by atoms with Gasteiger partial charge in [0.05, 0.1) is 11.3 Å². The minimum Gasteiger partial charge on any atom is -0.236 e. The Bertz CT molecular complexity index is 642. The minimum absolute atomic E-state index is 0.0465. The van der Waals surface area contributed by atoms with Crippen molar-refractivity contribution in [3.8, 4) is 5.82 Å². The molecule has 0 saturated heterocycles. The van der Waals surface area contributed by atoms with Crippen molar-refractivity contribution in [2.75, 3.05) is 0 Å². The molecular weight excluding hydrogens is 298 g/mol. The van der Waals surface area contributed by atoms with Crippen LogP contribution in [0.5, 0.6) is 0 Å². The maximum Gasteiger partial charge on any atom is 0.167 e. The lowest BCUT2D eigenvalue weighted by atomic mass is 10.5. The van der Waals surface area contributed by atoms with Crippen molar-refractivity contribution in [1.82, 2.24) is 14.8 Å². The Morgan fingerprint density at radius 2 is 2.23 bits per heavy atom. The van der Waals surface area contributed by atoms with Gasteiger partial charge in [-0.25, -0.2) is 9.67 Å². The van der Waals surface area contributed by atoms with Gasteiger partial charge in [0.15, 0.2) is 5.82 Å². The van der Waals surface area contributed by atoms with Crippen molar-refractivity contribution in [1.29, 1.82) is 0 Å². The van der Waals surface area contributed by atoms with Crippen molar-refractivity contribution in [2.45, 2.75) is 0 Å². The van der Waals surface area contributed by atoms with Crippen LogP contribution in [0.4, 0.5) is 0 Å². The molecule has 0 atom stereocenters. The van der Waals surface area contributed by atoms with E-state index >= 15 is 0 Å². The van der Waals surface area contributed by atoms with Crippen LogP contribution >= 0.6 is 31.9 Å². The highest BCUT2D eigenvalue weighted by Crippen LogP contribution is 2.18. The summed E-state index contributed by atoms with van der Waals surface area (Å²) in [5, 5.41) is 3.89. The summed E-state index contributed by atoms with van der Waals surface area (Å²) in [7, 11) is 0. The molecule has 0 aliphatic rings. The summed E-state index contributed by atoms with van der Waals surface area (Å²) < 4.78 is 39.2. The zero-order valence-electron chi connectivity index (χ0n) is 11.1. The molecule has 0 aliphatic carbocycles. The van der Waals surface area contributed by atoms with Crippen molar-refractivity contribution < 1.29 is 6.85 Å². The Hall–Kier alpha value is -0.680. The highest BCUT2D eigenvalue weighted by Gasteiger charge is 2.03. The molecule has 0 aliphatic heterocycles. The molecule has 66 valence electrons. The van der Waals surface area contributed by atoms with E-state index in [2.05, 4.69) is 41.9 Å². The SMILES string of the molecule is [2H]c1nc(-n2nc(Br)c([2H])c2[2H])c(Br)c([2H])c1[2H]. The van der Waals surface area contributed by atoms with E-state index in [9.17, 15) is 0 Å². The van der Waals surface area contributed by atoms with E-state index in [0.29, 0.717) is 0 Å². The number of hydrogen-bond acceptors (Lipinski definition) is 2. The van der Waals surface area contributed by atoms with Crippen molar-refractivity contribution in [3.05, 3.63) is 39.5 Å². The van der Waals surface area contributed by atoms with E-state index in [1.54, 1.807) is 0 Å². The molecule has 0 unspecified atom stereocenters. The third-order valence-corrected chi connectivity index (χ3v) is 2.15. The zero-order valence-corrected chi connectivity index (χ0v) is 9.27. The summed E-state index contributed by atoms with van der Waals surface area (Å²) in [4.78, 5) is 3.81. The van der Waals surface area contributed by atoms with Gasteiger partial charge < -0.3 is 0 Å². The fourth-order valence-electron chi connectivity index (χ4n) is 0.746. The first-order chi connectivity index (χ1) is 8.34. The van der Waals surface area contributed by atoms with Gasteiger partial charge in [-0.3, -0.25) is 0 Å². The monoisotopic (exact) mass is 306 g/mol. The molecule has 0 saturated carbocycles. The number of rotatable bonds is 1. The molecule has 0 spiro atoms. The second-order valence-electron chi connectivity index (χ2n) is 2.05. The van der Waals surface area contributed by atoms with Crippen molar-refractivity contribution in [3.63, 3.8) is 0 Å². The maximum absolute atomic E-state index is 7.70. The largest absolute Gasteiger partial charge is 0.236 e. The highest BCUT2D eigenvalue weighted by molar-refractivity contribution is 9.10. The molecule has 0 aromatic carbocycles. The molecule has 13 heavy (non-hydrogen) atoms. The fourth-order valence-corrected chi connectivity index (χ4v) is 1.35. The van der Waals surface area contributed by atoms with Crippen LogP contribution in [-0.4, -0.2) is 14.8 Å². The number of aromatic nitrogens is 3. The smallest absolute Gasteiger partial charge is 0.167 e. The standard InChI is InChI=1S/C8H5Br2N3/c9-6-2-1-4-11-8(6)13-5-3-7(10)12-13/h1-5H/i1D,2D,3D,4D,5D. The molecule has 2 aromatic rings. The molecule has 0 radical (unpaired) electrons.